The summed E-state index contributed by atoms with van der Waals surface area (Å²) in [5.74, 6) is 0.718. The number of likely N-dealkylation sites (tertiary alicyclic amines) is 1. The van der Waals surface area contributed by atoms with Crippen molar-refractivity contribution in [2.24, 2.45) is 17.8 Å². The molecule has 2 aromatic rings. The summed E-state index contributed by atoms with van der Waals surface area (Å²) < 4.78 is 67.1. The van der Waals surface area contributed by atoms with Gasteiger partial charge in [-0.3, -0.25) is 14.6 Å². The molecule has 2 saturated heterocycles. The Morgan fingerprint density at radius 3 is 2.53 bits per heavy atom. The second-order valence-corrected chi connectivity index (χ2v) is 22.0. The number of aryl methyl sites for hydroxylation is 1. The lowest BCUT2D eigenvalue weighted by Gasteiger charge is -2.54. The first-order valence-corrected chi connectivity index (χ1v) is 23.7. The molecule has 0 unspecified atom stereocenters. The van der Waals surface area contributed by atoms with E-state index in [0.717, 1.165) is 62.4 Å². The molecule has 4 aliphatic heterocycles. The van der Waals surface area contributed by atoms with Crippen LogP contribution in [0.3, 0.4) is 0 Å². The third-order valence-electron chi connectivity index (χ3n) is 13.9. The van der Waals surface area contributed by atoms with Crippen molar-refractivity contribution in [2.45, 2.75) is 74.7 Å². The quantitative estimate of drug-likeness (QED) is 0.436. The molecule has 2 bridgehead atoms. The van der Waals surface area contributed by atoms with Gasteiger partial charge in [0.25, 0.3) is 5.91 Å². The van der Waals surface area contributed by atoms with Crippen LogP contribution in [0.5, 0.6) is 5.75 Å². The Hall–Kier alpha value is -2.68. The van der Waals surface area contributed by atoms with Gasteiger partial charge in [0.1, 0.15) is 11.4 Å². The number of halogens is 1. The molecule has 14 heteroatoms. The van der Waals surface area contributed by atoms with E-state index in [1.54, 1.807) is 20.1 Å². The van der Waals surface area contributed by atoms with Crippen molar-refractivity contribution in [2.75, 3.05) is 75.9 Å². The highest BCUT2D eigenvalue weighted by atomic mass is 35.5. The van der Waals surface area contributed by atoms with Crippen molar-refractivity contribution in [1.29, 1.82) is 0 Å². The maximum atomic E-state index is 13.7. The number of allylic oxidation sites excluding steroid dienone is 1. The maximum Gasteiger partial charge on any atom is 0.264 e. The van der Waals surface area contributed by atoms with Crippen molar-refractivity contribution < 1.29 is 31.1 Å². The monoisotopic (exact) mass is 814 g/mol. The molecule has 1 spiro atoms. The van der Waals surface area contributed by atoms with E-state index < -0.39 is 36.6 Å². The first-order chi connectivity index (χ1) is 26.2. The highest BCUT2D eigenvalue weighted by Crippen LogP contribution is 2.49. The minimum Gasteiger partial charge on any atom is -0.490 e. The summed E-state index contributed by atoms with van der Waals surface area (Å²) in [6.07, 6.45) is 9.76. The number of sulfone groups is 1. The first kappa shape index (κ1) is 39.2. The van der Waals surface area contributed by atoms with Crippen LogP contribution >= 0.6 is 11.6 Å². The lowest BCUT2D eigenvalue weighted by Crippen LogP contribution is -2.66. The van der Waals surface area contributed by atoms with Crippen LogP contribution in [0.1, 0.15) is 67.4 Å². The Labute approximate surface area is 331 Å². The lowest BCUT2D eigenvalue weighted by molar-refractivity contribution is -0.108. The third kappa shape index (κ3) is 7.58. The predicted octanol–water partition coefficient (Wildman–Crippen LogP) is 4.68. The van der Waals surface area contributed by atoms with Gasteiger partial charge in [-0.1, -0.05) is 36.7 Å². The number of sulfonamides is 1. The molecule has 300 valence electrons. The van der Waals surface area contributed by atoms with Gasteiger partial charge in [0.05, 0.1) is 29.0 Å². The summed E-state index contributed by atoms with van der Waals surface area (Å²) in [6, 6.07) is 11.8. The fourth-order valence-electron chi connectivity index (χ4n) is 10.2. The zero-order valence-corrected chi connectivity index (χ0v) is 34.6. The minimum absolute atomic E-state index is 0.199. The van der Waals surface area contributed by atoms with Gasteiger partial charge in [0, 0.05) is 75.0 Å². The summed E-state index contributed by atoms with van der Waals surface area (Å²) in [7, 11) is -5.13. The molecule has 8 rings (SSSR count). The normalized spacial score (nSPS) is 34.5. The molecule has 2 aromatic carbocycles. The lowest BCUT2D eigenvalue weighted by atomic mass is 9.63. The average Bonchev–Trinajstić information content (AvgIpc) is 3.27. The van der Waals surface area contributed by atoms with E-state index in [2.05, 4.69) is 43.7 Å². The Balaban J connectivity index is 1.14. The summed E-state index contributed by atoms with van der Waals surface area (Å²) in [4.78, 5) is 20.8. The molecule has 1 N–H and O–H groups in total. The maximum absolute atomic E-state index is 13.7. The zero-order chi connectivity index (χ0) is 38.8. The summed E-state index contributed by atoms with van der Waals surface area (Å²) in [5.41, 5.74) is 2.69. The molecule has 1 amide bonds. The van der Waals surface area contributed by atoms with Crippen LogP contribution in [-0.4, -0.2) is 120 Å². The Morgan fingerprint density at radius 1 is 1.02 bits per heavy atom. The van der Waals surface area contributed by atoms with Crippen LogP contribution in [0.4, 0.5) is 5.69 Å². The fourth-order valence-corrected chi connectivity index (χ4v) is 12.9. The summed E-state index contributed by atoms with van der Waals surface area (Å²) in [5, 5.41) is -0.0843. The van der Waals surface area contributed by atoms with Crippen molar-refractivity contribution in [3.63, 3.8) is 0 Å². The number of nitrogens with one attached hydrogen (secondary N) is 1. The van der Waals surface area contributed by atoms with Crippen LogP contribution in [0.25, 0.3) is 0 Å². The van der Waals surface area contributed by atoms with Gasteiger partial charge < -0.3 is 14.4 Å². The van der Waals surface area contributed by atoms with E-state index in [4.69, 9.17) is 21.1 Å². The predicted molar refractivity (Wildman–Crippen MR) is 215 cm³/mol. The third-order valence-corrected chi connectivity index (χ3v) is 17.7. The molecule has 55 heavy (non-hydrogen) atoms. The van der Waals surface area contributed by atoms with Crippen molar-refractivity contribution >= 4 is 43.1 Å². The van der Waals surface area contributed by atoms with Crippen LogP contribution in [0.2, 0.25) is 5.02 Å². The van der Waals surface area contributed by atoms with Crippen molar-refractivity contribution in [1.82, 2.24) is 14.5 Å². The van der Waals surface area contributed by atoms with E-state index in [0.29, 0.717) is 51.0 Å². The standard InChI is InChI=1S/C41H55ClN4O7S2/c1-28-6-4-15-41(52-3,26-44-23-34(24-44)45-16-18-54(48,49)19-17-45)36-11-8-32(36)22-46-25-40(14-5-7-30-20-33(42)10-12-35(30)40)27-53-38-13-9-31(21-37(38)46)39(47)43-55(50,51)29(28)2/h4,9-10,12-13,15,20-21,28-29,32,34,36H,5-8,11,14,16-19,22-27H2,1-3H3,(H,43,47)/b15-4+/t28-,29+,32-,36+,40-,41+/m0/s1. The number of carbonyl (C=O) groups is 1. The van der Waals surface area contributed by atoms with E-state index in [9.17, 15) is 21.6 Å². The second-order valence-electron chi connectivity index (χ2n) is 17.2. The number of carbonyl (C=O) groups excluding carboxylic acids is 1. The number of fused-ring (bicyclic) bond motifs is 4. The molecule has 2 aliphatic carbocycles. The SMILES string of the molecule is CO[C@@]1(CN2CC(N3CCS(=O)(=O)CC3)C2)/C=C/C[C@H](C)[C@@H](C)S(=O)(=O)NC(=O)c2ccc3c(c2)N(C[C@@H]2CC[C@H]21)C[C@@]1(CCCc2cc(Cl)ccc21)CO3. The number of rotatable bonds is 4. The largest absolute Gasteiger partial charge is 0.490 e. The molecule has 6 aliphatic rings. The number of nitrogens with zero attached hydrogens (tertiary/aromatic N) is 3. The summed E-state index contributed by atoms with van der Waals surface area (Å²) >= 11 is 6.50. The number of hydrogen-bond donors (Lipinski definition) is 1. The number of ether oxygens (including phenoxy) is 2. The molecule has 0 radical (unpaired) electrons. The number of benzene rings is 2. The Kier molecular flexibility index (Phi) is 10.6. The second kappa shape index (κ2) is 14.9. The van der Waals surface area contributed by atoms with Crippen molar-refractivity contribution in [3.8, 4) is 5.75 Å². The molecule has 0 aromatic heterocycles. The van der Waals surface area contributed by atoms with Gasteiger partial charge in [-0.2, -0.15) is 0 Å². The van der Waals surface area contributed by atoms with E-state index >= 15 is 0 Å². The fraction of sp³-hybridized carbons (Fsp3) is 0.634. The van der Waals surface area contributed by atoms with Gasteiger partial charge >= 0.3 is 0 Å². The van der Waals surface area contributed by atoms with Gasteiger partial charge in [0.2, 0.25) is 10.0 Å². The highest BCUT2D eigenvalue weighted by molar-refractivity contribution is 7.91. The summed E-state index contributed by atoms with van der Waals surface area (Å²) in [6.45, 7) is 9.05. The molecule has 3 fully saturated rings. The van der Waals surface area contributed by atoms with Crippen LogP contribution in [-0.2, 0) is 36.4 Å². The smallest absolute Gasteiger partial charge is 0.264 e. The molecule has 1 saturated carbocycles. The van der Waals surface area contributed by atoms with E-state index in [1.807, 2.05) is 25.1 Å². The van der Waals surface area contributed by atoms with Crippen molar-refractivity contribution in [3.05, 3.63) is 70.3 Å². The first-order valence-electron chi connectivity index (χ1n) is 20.0. The van der Waals surface area contributed by atoms with Crippen LogP contribution in [0, 0.1) is 17.8 Å². The molecular formula is C41H55ClN4O7S2. The number of hydrogen-bond acceptors (Lipinski definition) is 10. The van der Waals surface area contributed by atoms with E-state index in [-0.39, 0.29) is 40.2 Å². The number of anilines is 1. The van der Waals surface area contributed by atoms with Gasteiger partial charge in [0.15, 0.2) is 9.84 Å². The van der Waals surface area contributed by atoms with Gasteiger partial charge in [-0.05, 0) is 105 Å². The van der Waals surface area contributed by atoms with Crippen LogP contribution < -0.4 is 14.4 Å². The number of methoxy groups -OCH3 is 1. The topological polar surface area (TPSA) is 126 Å². The highest BCUT2D eigenvalue weighted by Gasteiger charge is 2.51. The van der Waals surface area contributed by atoms with E-state index in [1.165, 1.54) is 11.1 Å². The average molecular weight is 815 g/mol. The molecule has 4 heterocycles. The van der Waals surface area contributed by atoms with Gasteiger partial charge in [-0.25, -0.2) is 21.6 Å². The van der Waals surface area contributed by atoms with Gasteiger partial charge in [-0.15, -0.1) is 0 Å². The minimum atomic E-state index is -3.99. The molecular weight excluding hydrogens is 760 g/mol. The number of amides is 1. The molecule has 11 nitrogen and oxygen atoms in total. The Morgan fingerprint density at radius 2 is 1.80 bits per heavy atom. The zero-order valence-electron chi connectivity index (χ0n) is 32.2. The van der Waals surface area contributed by atoms with Crippen LogP contribution in [0.15, 0.2) is 48.6 Å². The Bertz CT molecular complexity index is 2040. The molecule has 6 atom stereocenters.